The molecule has 0 atom stereocenters. The largest absolute Gasteiger partial charge is 0.369 e. The quantitative estimate of drug-likeness (QED) is 0.475. The molecule has 33 heavy (non-hydrogen) atoms. The Morgan fingerprint density at radius 1 is 1.06 bits per heavy atom. The van der Waals surface area contributed by atoms with E-state index < -0.39 is 0 Å². The lowest BCUT2D eigenvalue weighted by Crippen LogP contribution is -2.19. The highest BCUT2D eigenvalue weighted by Gasteiger charge is 2.19. The molecule has 3 aromatic carbocycles. The van der Waals surface area contributed by atoms with Crippen LogP contribution in [0.5, 0.6) is 0 Å². The zero-order chi connectivity index (χ0) is 22.8. The number of amides is 2. The van der Waals surface area contributed by atoms with Crippen LogP contribution in [0.3, 0.4) is 0 Å². The maximum Gasteiger partial charge on any atom is 0.251 e. The van der Waals surface area contributed by atoms with Crippen LogP contribution in [0.15, 0.2) is 66.7 Å². The summed E-state index contributed by atoms with van der Waals surface area (Å²) in [4.78, 5) is 28.7. The normalized spacial score (nSPS) is 12.9. The van der Waals surface area contributed by atoms with Crippen molar-refractivity contribution >= 4 is 28.5 Å². The number of benzene rings is 3. The van der Waals surface area contributed by atoms with E-state index >= 15 is 0 Å². The number of anilines is 1. The molecule has 0 saturated carbocycles. The molecule has 1 aliphatic heterocycles. The first-order valence-electron chi connectivity index (χ1n) is 10.9. The number of rotatable bonds is 6. The minimum atomic E-state index is -0.155. The number of imidazole rings is 1. The SMILES string of the molecule is CNC(=O)c1ccc2c(c1)nc(COCc1ccccc1)n2-c1ccc2c(c1)CCC(=O)N2. The summed E-state index contributed by atoms with van der Waals surface area (Å²) in [6, 6.07) is 21.5. The Morgan fingerprint density at radius 2 is 1.91 bits per heavy atom. The molecule has 5 rings (SSSR count). The van der Waals surface area contributed by atoms with Gasteiger partial charge in [-0.05, 0) is 53.9 Å². The van der Waals surface area contributed by atoms with Crippen molar-refractivity contribution in [1.29, 1.82) is 0 Å². The van der Waals surface area contributed by atoms with Gasteiger partial charge in [0, 0.05) is 30.4 Å². The lowest BCUT2D eigenvalue weighted by Gasteiger charge is -2.19. The molecule has 0 spiro atoms. The number of hydrogen-bond donors (Lipinski definition) is 2. The van der Waals surface area contributed by atoms with E-state index in [1.807, 2.05) is 48.5 Å². The van der Waals surface area contributed by atoms with Crippen molar-refractivity contribution in [3.63, 3.8) is 0 Å². The van der Waals surface area contributed by atoms with Crippen molar-refractivity contribution in [3.05, 3.63) is 89.2 Å². The molecule has 0 radical (unpaired) electrons. The van der Waals surface area contributed by atoms with Crippen molar-refractivity contribution < 1.29 is 14.3 Å². The summed E-state index contributed by atoms with van der Waals surface area (Å²) in [5.41, 5.74) is 6.14. The van der Waals surface area contributed by atoms with E-state index in [0.29, 0.717) is 31.6 Å². The lowest BCUT2D eigenvalue weighted by atomic mass is 10.0. The van der Waals surface area contributed by atoms with Gasteiger partial charge in [0.2, 0.25) is 5.91 Å². The van der Waals surface area contributed by atoms with E-state index in [1.54, 1.807) is 19.2 Å². The Hall–Kier alpha value is -3.97. The van der Waals surface area contributed by atoms with E-state index in [9.17, 15) is 9.59 Å². The molecule has 0 saturated heterocycles. The Labute approximate surface area is 191 Å². The molecule has 0 unspecified atom stereocenters. The monoisotopic (exact) mass is 440 g/mol. The number of carbonyl (C=O) groups is 2. The third kappa shape index (κ3) is 4.23. The van der Waals surface area contributed by atoms with Gasteiger partial charge in [-0.1, -0.05) is 30.3 Å². The Kier molecular flexibility index (Phi) is 5.62. The second kappa shape index (κ2) is 8.88. The predicted molar refractivity (Wildman–Crippen MR) is 126 cm³/mol. The van der Waals surface area contributed by atoms with Crippen LogP contribution in [0.25, 0.3) is 16.7 Å². The topological polar surface area (TPSA) is 85.2 Å². The third-order valence-electron chi connectivity index (χ3n) is 5.80. The standard InChI is InChI=1S/C26H24N4O3/c1-27-26(32)19-7-11-23-22(14-19)28-24(16-33-15-17-5-3-2-4-6-17)30(23)20-9-10-21-18(13-20)8-12-25(31)29-21/h2-7,9-11,13-14H,8,12,15-16H2,1H3,(H,27,32)(H,29,31). The Balaban J connectivity index is 1.53. The van der Waals surface area contributed by atoms with Crippen LogP contribution in [-0.2, 0) is 29.2 Å². The van der Waals surface area contributed by atoms with E-state index in [-0.39, 0.29) is 11.8 Å². The van der Waals surface area contributed by atoms with Crippen molar-refractivity contribution in [2.75, 3.05) is 12.4 Å². The summed E-state index contributed by atoms with van der Waals surface area (Å²) in [6.45, 7) is 0.788. The number of ether oxygens (including phenoxy) is 1. The van der Waals surface area contributed by atoms with Crippen LogP contribution in [-0.4, -0.2) is 28.4 Å². The molecule has 1 aliphatic rings. The molecule has 7 heteroatoms. The van der Waals surface area contributed by atoms with Crippen molar-refractivity contribution in [2.24, 2.45) is 0 Å². The van der Waals surface area contributed by atoms with Crippen LogP contribution in [0.1, 0.15) is 33.7 Å². The number of carbonyl (C=O) groups excluding carboxylic acids is 2. The summed E-state index contributed by atoms with van der Waals surface area (Å²) in [5.74, 6) is 0.632. The maximum atomic E-state index is 12.1. The van der Waals surface area contributed by atoms with E-state index in [1.165, 1.54) is 0 Å². The first-order valence-corrected chi connectivity index (χ1v) is 10.9. The second-order valence-electron chi connectivity index (χ2n) is 8.01. The smallest absolute Gasteiger partial charge is 0.251 e. The van der Waals surface area contributed by atoms with Gasteiger partial charge in [0.25, 0.3) is 5.91 Å². The number of hydrogen-bond acceptors (Lipinski definition) is 4. The maximum absolute atomic E-state index is 12.1. The first-order chi connectivity index (χ1) is 16.1. The average molecular weight is 441 g/mol. The summed E-state index contributed by atoms with van der Waals surface area (Å²) in [5, 5.41) is 5.59. The second-order valence-corrected chi connectivity index (χ2v) is 8.01. The van der Waals surface area contributed by atoms with Crippen LogP contribution in [0.4, 0.5) is 5.69 Å². The zero-order valence-corrected chi connectivity index (χ0v) is 18.3. The number of nitrogens with one attached hydrogen (secondary N) is 2. The predicted octanol–water partition coefficient (Wildman–Crippen LogP) is 3.99. The summed E-state index contributed by atoms with van der Waals surface area (Å²) < 4.78 is 8.06. The fourth-order valence-electron chi connectivity index (χ4n) is 4.14. The highest BCUT2D eigenvalue weighted by molar-refractivity contribution is 5.97. The van der Waals surface area contributed by atoms with Gasteiger partial charge in [-0.3, -0.25) is 14.2 Å². The summed E-state index contributed by atoms with van der Waals surface area (Å²) in [6.07, 6.45) is 1.17. The first kappa shape index (κ1) is 20.9. The van der Waals surface area contributed by atoms with Crippen LogP contribution in [0.2, 0.25) is 0 Å². The zero-order valence-electron chi connectivity index (χ0n) is 18.3. The van der Waals surface area contributed by atoms with E-state index in [0.717, 1.165) is 39.4 Å². The molecule has 2 heterocycles. The number of fused-ring (bicyclic) bond motifs is 2. The van der Waals surface area contributed by atoms with Crippen molar-refractivity contribution in [3.8, 4) is 5.69 Å². The highest BCUT2D eigenvalue weighted by atomic mass is 16.5. The van der Waals surface area contributed by atoms with Gasteiger partial charge in [0.1, 0.15) is 12.4 Å². The van der Waals surface area contributed by atoms with Gasteiger partial charge in [-0.25, -0.2) is 4.98 Å². The van der Waals surface area contributed by atoms with Gasteiger partial charge < -0.3 is 15.4 Å². The molecular weight excluding hydrogens is 416 g/mol. The van der Waals surface area contributed by atoms with Crippen LogP contribution < -0.4 is 10.6 Å². The van der Waals surface area contributed by atoms with Crippen LogP contribution in [0, 0.1) is 0 Å². The molecular formula is C26H24N4O3. The van der Waals surface area contributed by atoms with E-state index in [4.69, 9.17) is 9.72 Å². The highest BCUT2D eigenvalue weighted by Crippen LogP contribution is 2.29. The fraction of sp³-hybridized carbons (Fsp3) is 0.192. The number of nitrogens with zero attached hydrogens (tertiary/aromatic N) is 2. The molecule has 166 valence electrons. The molecule has 0 aliphatic carbocycles. The number of aryl methyl sites for hydroxylation is 1. The number of aromatic nitrogens is 2. The molecule has 1 aromatic heterocycles. The molecule has 4 aromatic rings. The minimum absolute atomic E-state index is 0.0417. The van der Waals surface area contributed by atoms with Gasteiger partial charge in [-0.15, -0.1) is 0 Å². The summed E-state index contributed by atoms with van der Waals surface area (Å²) >= 11 is 0. The Morgan fingerprint density at radius 3 is 2.73 bits per heavy atom. The van der Waals surface area contributed by atoms with Gasteiger partial charge in [0.15, 0.2) is 0 Å². The fourth-order valence-corrected chi connectivity index (χ4v) is 4.14. The minimum Gasteiger partial charge on any atom is -0.369 e. The average Bonchev–Trinajstić information content (AvgIpc) is 3.21. The summed E-state index contributed by atoms with van der Waals surface area (Å²) in [7, 11) is 1.61. The van der Waals surface area contributed by atoms with Gasteiger partial charge in [-0.2, -0.15) is 0 Å². The van der Waals surface area contributed by atoms with Crippen molar-refractivity contribution in [1.82, 2.24) is 14.9 Å². The van der Waals surface area contributed by atoms with Crippen molar-refractivity contribution in [2.45, 2.75) is 26.1 Å². The van der Waals surface area contributed by atoms with E-state index in [2.05, 4.69) is 21.3 Å². The molecule has 7 nitrogen and oxygen atoms in total. The van der Waals surface area contributed by atoms with Gasteiger partial charge in [0.05, 0.1) is 17.6 Å². The lowest BCUT2D eigenvalue weighted by molar-refractivity contribution is -0.116. The van der Waals surface area contributed by atoms with Crippen LogP contribution >= 0.6 is 0 Å². The molecule has 0 bridgehead atoms. The molecule has 2 N–H and O–H groups in total. The Bertz CT molecular complexity index is 1340. The molecule has 2 amide bonds. The molecule has 0 fully saturated rings. The third-order valence-corrected chi connectivity index (χ3v) is 5.80. The van der Waals surface area contributed by atoms with Gasteiger partial charge >= 0.3 is 0 Å².